The van der Waals surface area contributed by atoms with Crippen LogP contribution in [-0.4, -0.2) is 34.0 Å². The zero-order valence-electron chi connectivity index (χ0n) is 13.2. The number of carbonyl (C=O) groups is 2. The Bertz CT molecular complexity index is 610. The molecule has 0 aliphatic heterocycles. The number of benzene rings is 1. The van der Waals surface area contributed by atoms with Crippen LogP contribution in [0.5, 0.6) is 0 Å². The number of aliphatic carboxylic acids is 1. The number of ether oxygens (including phenoxy) is 1. The molecule has 2 atom stereocenters. The first-order valence-electron chi connectivity index (χ1n) is 6.89. The van der Waals surface area contributed by atoms with Gasteiger partial charge in [-0.25, -0.2) is 9.59 Å². The SMILES string of the molecule is CC(C)(C)OC(=O)NC(c1ccccc1C(F)(F)F)C(O)C(=O)O. The molecule has 24 heavy (non-hydrogen) atoms. The van der Waals surface area contributed by atoms with Gasteiger partial charge in [0.2, 0.25) is 0 Å². The molecule has 1 amide bonds. The number of nitrogens with one attached hydrogen (secondary N) is 1. The molecule has 2 unspecified atom stereocenters. The van der Waals surface area contributed by atoms with Crippen LogP contribution in [0.15, 0.2) is 24.3 Å². The van der Waals surface area contributed by atoms with E-state index < -0.39 is 47.1 Å². The average molecular weight is 349 g/mol. The van der Waals surface area contributed by atoms with E-state index in [9.17, 15) is 27.9 Å². The van der Waals surface area contributed by atoms with Crippen LogP contribution in [0.1, 0.15) is 37.9 Å². The second-order valence-electron chi connectivity index (χ2n) is 5.99. The summed E-state index contributed by atoms with van der Waals surface area (Å²) in [5.41, 5.74) is -2.69. The van der Waals surface area contributed by atoms with Crippen molar-refractivity contribution in [3.05, 3.63) is 35.4 Å². The molecule has 0 aromatic heterocycles. The van der Waals surface area contributed by atoms with E-state index in [2.05, 4.69) is 0 Å². The third-order valence-corrected chi connectivity index (χ3v) is 2.84. The van der Waals surface area contributed by atoms with E-state index in [0.717, 1.165) is 18.2 Å². The standard InChI is InChI=1S/C15H18F3NO5/c1-14(2,3)24-13(23)19-10(11(20)12(21)22)8-6-4-5-7-9(8)15(16,17)18/h4-7,10-11,20H,1-3H3,(H,19,23)(H,21,22). The maximum Gasteiger partial charge on any atom is 0.416 e. The largest absolute Gasteiger partial charge is 0.479 e. The minimum atomic E-state index is -4.79. The molecule has 0 heterocycles. The van der Waals surface area contributed by atoms with Crippen LogP contribution >= 0.6 is 0 Å². The van der Waals surface area contributed by atoms with E-state index in [1.165, 1.54) is 26.8 Å². The third-order valence-electron chi connectivity index (χ3n) is 2.84. The molecular formula is C15H18F3NO5. The van der Waals surface area contributed by atoms with E-state index in [1.54, 1.807) is 0 Å². The minimum Gasteiger partial charge on any atom is -0.479 e. The van der Waals surface area contributed by atoms with Crippen LogP contribution in [0.4, 0.5) is 18.0 Å². The van der Waals surface area contributed by atoms with Crippen LogP contribution in [-0.2, 0) is 15.7 Å². The second kappa shape index (κ2) is 7.08. The monoisotopic (exact) mass is 349 g/mol. The highest BCUT2D eigenvalue weighted by Gasteiger charge is 2.39. The quantitative estimate of drug-likeness (QED) is 0.777. The van der Waals surface area contributed by atoms with Gasteiger partial charge >= 0.3 is 18.2 Å². The van der Waals surface area contributed by atoms with Crippen molar-refractivity contribution in [1.29, 1.82) is 0 Å². The predicted octanol–water partition coefficient (Wildman–Crippen LogP) is 2.72. The molecular weight excluding hydrogens is 331 g/mol. The summed E-state index contributed by atoms with van der Waals surface area (Å²) in [5.74, 6) is -1.78. The molecule has 0 saturated carbocycles. The Hall–Kier alpha value is -2.29. The van der Waals surface area contributed by atoms with Gasteiger partial charge in [0.25, 0.3) is 0 Å². The lowest BCUT2D eigenvalue weighted by Crippen LogP contribution is -2.43. The number of carboxylic acids is 1. The van der Waals surface area contributed by atoms with Gasteiger partial charge in [-0.2, -0.15) is 13.2 Å². The van der Waals surface area contributed by atoms with Gasteiger partial charge in [0, 0.05) is 0 Å². The normalized spacial score (nSPS) is 14.6. The van der Waals surface area contributed by atoms with Crippen molar-refractivity contribution in [2.45, 2.75) is 44.7 Å². The molecule has 0 bridgehead atoms. The van der Waals surface area contributed by atoms with Gasteiger partial charge in [0.1, 0.15) is 5.60 Å². The minimum absolute atomic E-state index is 0.578. The zero-order valence-corrected chi connectivity index (χ0v) is 13.2. The first-order valence-corrected chi connectivity index (χ1v) is 6.89. The van der Waals surface area contributed by atoms with E-state index >= 15 is 0 Å². The molecule has 6 nitrogen and oxygen atoms in total. The van der Waals surface area contributed by atoms with Crippen molar-refractivity contribution in [1.82, 2.24) is 5.32 Å². The van der Waals surface area contributed by atoms with Crippen LogP contribution in [0.3, 0.4) is 0 Å². The summed E-state index contributed by atoms with van der Waals surface area (Å²) >= 11 is 0. The lowest BCUT2D eigenvalue weighted by atomic mass is 9.96. The van der Waals surface area contributed by atoms with Crippen molar-refractivity contribution < 1.29 is 37.7 Å². The molecule has 0 aliphatic rings. The maximum absolute atomic E-state index is 13.1. The Balaban J connectivity index is 3.26. The Morgan fingerprint density at radius 3 is 2.17 bits per heavy atom. The first kappa shape index (κ1) is 19.8. The number of rotatable bonds is 4. The summed E-state index contributed by atoms with van der Waals surface area (Å²) in [6, 6.07) is 2.23. The Morgan fingerprint density at radius 1 is 1.17 bits per heavy atom. The Kier molecular flexibility index (Phi) is 5.83. The van der Waals surface area contributed by atoms with Crippen molar-refractivity contribution in [2.75, 3.05) is 0 Å². The molecule has 0 spiro atoms. The van der Waals surface area contributed by atoms with Gasteiger partial charge in [-0.1, -0.05) is 18.2 Å². The number of alkyl carbamates (subject to hydrolysis) is 1. The Morgan fingerprint density at radius 2 is 1.71 bits per heavy atom. The topological polar surface area (TPSA) is 95.9 Å². The number of aliphatic hydroxyl groups is 1. The molecule has 3 N–H and O–H groups in total. The van der Waals surface area contributed by atoms with E-state index in [0.29, 0.717) is 0 Å². The van der Waals surface area contributed by atoms with Crippen molar-refractivity contribution in [3.8, 4) is 0 Å². The van der Waals surface area contributed by atoms with Crippen LogP contribution < -0.4 is 5.32 Å². The van der Waals surface area contributed by atoms with Crippen molar-refractivity contribution in [2.24, 2.45) is 0 Å². The number of halogens is 3. The van der Waals surface area contributed by atoms with Gasteiger partial charge < -0.3 is 20.3 Å². The molecule has 134 valence electrons. The van der Waals surface area contributed by atoms with Crippen LogP contribution in [0.25, 0.3) is 0 Å². The maximum atomic E-state index is 13.1. The number of hydrogen-bond acceptors (Lipinski definition) is 4. The number of amides is 1. The average Bonchev–Trinajstić information content (AvgIpc) is 2.41. The fourth-order valence-corrected chi connectivity index (χ4v) is 1.93. The van der Waals surface area contributed by atoms with Crippen molar-refractivity contribution in [3.63, 3.8) is 0 Å². The third kappa shape index (κ3) is 5.41. The number of carboxylic acid groups (broad SMARTS) is 1. The highest BCUT2D eigenvalue weighted by atomic mass is 19.4. The lowest BCUT2D eigenvalue weighted by molar-refractivity contribution is -0.149. The summed E-state index contributed by atoms with van der Waals surface area (Å²) in [6.45, 7) is 4.58. The molecule has 0 fully saturated rings. The predicted molar refractivity (Wildman–Crippen MR) is 77.2 cm³/mol. The molecule has 9 heteroatoms. The summed E-state index contributed by atoms with van der Waals surface area (Å²) in [4.78, 5) is 22.8. The van der Waals surface area contributed by atoms with Crippen molar-refractivity contribution >= 4 is 12.1 Å². The van der Waals surface area contributed by atoms with Crippen LogP contribution in [0, 0.1) is 0 Å². The van der Waals surface area contributed by atoms with Gasteiger partial charge in [-0.3, -0.25) is 0 Å². The van der Waals surface area contributed by atoms with E-state index in [-0.39, 0.29) is 0 Å². The van der Waals surface area contributed by atoms with Gasteiger partial charge in [0.05, 0.1) is 11.6 Å². The molecule has 1 rings (SSSR count). The number of carbonyl (C=O) groups excluding carboxylic acids is 1. The number of hydrogen-bond donors (Lipinski definition) is 3. The van der Waals surface area contributed by atoms with Gasteiger partial charge in [-0.05, 0) is 32.4 Å². The smallest absolute Gasteiger partial charge is 0.416 e. The number of aliphatic hydroxyl groups excluding tert-OH is 1. The molecule has 1 aromatic rings. The fourth-order valence-electron chi connectivity index (χ4n) is 1.93. The molecule has 0 saturated heterocycles. The van der Waals surface area contributed by atoms with Gasteiger partial charge in [0.15, 0.2) is 6.10 Å². The first-order chi connectivity index (χ1) is 10.8. The highest BCUT2D eigenvalue weighted by molar-refractivity contribution is 5.76. The highest BCUT2D eigenvalue weighted by Crippen LogP contribution is 2.35. The van der Waals surface area contributed by atoms with E-state index in [1.807, 2.05) is 5.32 Å². The van der Waals surface area contributed by atoms with E-state index in [4.69, 9.17) is 9.84 Å². The summed E-state index contributed by atoms with van der Waals surface area (Å²) in [5, 5.41) is 20.7. The summed E-state index contributed by atoms with van der Waals surface area (Å²) < 4.78 is 44.2. The summed E-state index contributed by atoms with van der Waals surface area (Å²) in [6.07, 6.45) is -8.23. The van der Waals surface area contributed by atoms with Crippen LogP contribution in [0.2, 0.25) is 0 Å². The summed E-state index contributed by atoms with van der Waals surface area (Å²) in [7, 11) is 0. The molecule has 0 radical (unpaired) electrons. The second-order valence-corrected chi connectivity index (χ2v) is 5.99. The fraction of sp³-hybridized carbons (Fsp3) is 0.467. The zero-order chi connectivity index (χ0) is 18.7. The lowest BCUT2D eigenvalue weighted by Gasteiger charge is -2.27. The molecule has 0 aliphatic carbocycles. The molecule has 1 aromatic carbocycles. The Labute approximate surface area is 136 Å². The van der Waals surface area contributed by atoms with Gasteiger partial charge in [-0.15, -0.1) is 0 Å². The number of alkyl halides is 3.